The normalized spacial score (nSPS) is 23.5. The van der Waals surface area contributed by atoms with Crippen molar-refractivity contribution < 1.29 is 4.39 Å². The molecule has 1 aromatic carbocycles. The molecule has 0 bridgehead atoms. The predicted molar refractivity (Wildman–Crippen MR) is 75.1 cm³/mol. The van der Waals surface area contributed by atoms with Crippen molar-refractivity contribution in [3.63, 3.8) is 0 Å². The fraction of sp³-hybridized carbons (Fsp3) is 0.571. The van der Waals surface area contributed by atoms with Crippen molar-refractivity contribution >= 4 is 0 Å². The lowest BCUT2D eigenvalue weighted by atomic mass is 9.97. The Morgan fingerprint density at radius 2 is 2.00 bits per heavy atom. The Morgan fingerprint density at radius 3 is 2.63 bits per heavy atom. The molecule has 0 aromatic heterocycles. The van der Waals surface area contributed by atoms with E-state index in [9.17, 15) is 4.39 Å². The van der Waals surface area contributed by atoms with E-state index in [4.69, 9.17) is 5.84 Å². The first-order valence-corrected chi connectivity index (χ1v) is 6.69. The third-order valence-corrected chi connectivity index (χ3v) is 3.95. The Labute approximate surface area is 114 Å². The molecule has 0 spiro atoms. The van der Waals surface area contributed by atoms with Gasteiger partial charge in [-0.2, -0.15) is 0 Å². The van der Waals surface area contributed by atoms with Crippen LogP contribution in [0.15, 0.2) is 24.3 Å². The number of nitrogens with zero attached hydrogens (tertiary/aromatic N) is 2. The van der Waals surface area contributed by atoms with Crippen molar-refractivity contribution in [1.82, 2.24) is 15.2 Å². The van der Waals surface area contributed by atoms with Gasteiger partial charge in [-0.25, -0.2) is 4.39 Å². The van der Waals surface area contributed by atoms with Gasteiger partial charge in [0.25, 0.3) is 0 Å². The lowest BCUT2D eigenvalue weighted by Gasteiger charge is -2.41. The summed E-state index contributed by atoms with van der Waals surface area (Å²) in [6.07, 6.45) is 0.805. The number of halogens is 1. The topological polar surface area (TPSA) is 44.5 Å². The Balaban J connectivity index is 2.04. The highest BCUT2D eigenvalue weighted by Crippen LogP contribution is 2.14. The van der Waals surface area contributed by atoms with Crippen molar-refractivity contribution in [3.8, 4) is 0 Å². The van der Waals surface area contributed by atoms with Gasteiger partial charge >= 0.3 is 0 Å². The zero-order chi connectivity index (χ0) is 13.8. The van der Waals surface area contributed by atoms with E-state index in [2.05, 4.69) is 29.3 Å². The molecule has 19 heavy (non-hydrogen) atoms. The molecule has 1 saturated heterocycles. The second-order valence-electron chi connectivity index (χ2n) is 5.41. The summed E-state index contributed by atoms with van der Waals surface area (Å²) in [6.45, 7) is 3.12. The minimum Gasteiger partial charge on any atom is -0.303 e. The van der Waals surface area contributed by atoms with Gasteiger partial charge in [0.2, 0.25) is 0 Å². The largest absolute Gasteiger partial charge is 0.303 e. The first-order chi connectivity index (χ1) is 9.10. The Hall–Kier alpha value is -1.01. The molecule has 106 valence electrons. The summed E-state index contributed by atoms with van der Waals surface area (Å²) >= 11 is 0. The van der Waals surface area contributed by atoms with Gasteiger partial charge in [-0.1, -0.05) is 12.1 Å². The summed E-state index contributed by atoms with van der Waals surface area (Å²) in [5.41, 5.74) is 4.03. The van der Waals surface area contributed by atoms with E-state index in [1.165, 1.54) is 12.1 Å². The zero-order valence-corrected chi connectivity index (χ0v) is 11.6. The molecule has 2 rings (SSSR count). The van der Waals surface area contributed by atoms with E-state index in [1.54, 1.807) is 0 Å². The molecule has 1 aromatic rings. The summed E-state index contributed by atoms with van der Waals surface area (Å²) in [5, 5.41) is 0. The predicted octanol–water partition coefficient (Wildman–Crippen LogP) is 0.446. The molecule has 4 nitrogen and oxygen atoms in total. The summed E-state index contributed by atoms with van der Waals surface area (Å²) in [4.78, 5) is 4.66. The maximum absolute atomic E-state index is 12.9. The molecule has 1 aliphatic heterocycles. The number of nitrogens with two attached hydrogens (primary N) is 1. The van der Waals surface area contributed by atoms with Crippen LogP contribution in [-0.2, 0) is 6.42 Å². The van der Waals surface area contributed by atoms with E-state index in [0.717, 1.165) is 31.6 Å². The molecule has 2 atom stereocenters. The average Bonchev–Trinajstić information content (AvgIpc) is 2.41. The molecule has 0 amide bonds. The quantitative estimate of drug-likeness (QED) is 0.613. The van der Waals surface area contributed by atoms with Crippen molar-refractivity contribution in [3.05, 3.63) is 35.6 Å². The van der Waals surface area contributed by atoms with Crippen LogP contribution in [-0.4, -0.2) is 55.6 Å². The monoisotopic (exact) mass is 266 g/mol. The molecule has 1 fully saturated rings. The summed E-state index contributed by atoms with van der Waals surface area (Å²) < 4.78 is 12.9. The van der Waals surface area contributed by atoms with Crippen LogP contribution < -0.4 is 11.3 Å². The van der Waals surface area contributed by atoms with E-state index in [1.807, 2.05) is 12.1 Å². The summed E-state index contributed by atoms with van der Waals surface area (Å²) in [6, 6.07) is 7.18. The molecular formula is C14H23FN4. The number of benzene rings is 1. The molecule has 2 unspecified atom stereocenters. The molecule has 1 heterocycles. The van der Waals surface area contributed by atoms with Crippen LogP contribution in [0.25, 0.3) is 0 Å². The van der Waals surface area contributed by atoms with E-state index in [0.29, 0.717) is 6.04 Å². The standard InChI is InChI=1S/C14H23FN4/c1-18-7-8-19(2)14(10-18)13(17-16)9-11-3-5-12(15)6-4-11/h3-6,13-14,17H,7-10,16H2,1-2H3. The van der Waals surface area contributed by atoms with Crippen LogP contribution in [0.5, 0.6) is 0 Å². The Kier molecular flexibility index (Phi) is 4.87. The van der Waals surface area contributed by atoms with E-state index < -0.39 is 0 Å². The average molecular weight is 266 g/mol. The molecular weight excluding hydrogens is 243 g/mol. The van der Waals surface area contributed by atoms with Gasteiger partial charge in [0.15, 0.2) is 0 Å². The first kappa shape index (κ1) is 14.4. The maximum atomic E-state index is 12.9. The molecule has 3 N–H and O–H groups in total. The fourth-order valence-electron chi connectivity index (χ4n) is 2.66. The number of likely N-dealkylation sites (N-methyl/N-ethyl adjacent to an activating group) is 2. The smallest absolute Gasteiger partial charge is 0.123 e. The lowest BCUT2D eigenvalue weighted by Crippen LogP contribution is -2.60. The highest BCUT2D eigenvalue weighted by molar-refractivity contribution is 5.18. The minimum absolute atomic E-state index is 0.165. The summed E-state index contributed by atoms with van der Waals surface area (Å²) in [7, 11) is 4.26. The van der Waals surface area contributed by atoms with Crippen LogP contribution >= 0.6 is 0 Å². The van der Waals surface area contributed by atoms with Crippen molar-refractivity contribution in [2.45, 2.75) is 18.5 Å². The number of hydrogen-bond acceptors (Lipinski definition) is 4. The molecule has 0 radical (unpaired) electrons. The SMILES string of the molecule is CN1CCN(C)C(C(Cc2ccc(F)cc2)NN)C1. The number of hydrogen-bond donors (Lipinski definition) is 2. The number of piperazine rings is 1. The Morgan fingerprint density at radius 1 is 1.32 bits per heavy atom. The van der Waals surface area contributed by atoms with Crippen LogP contribution in [0.2, 0.25) is 0 Å². The summed E-state index contributed by atoms with van der Waals surface area (Å²) in [5.74, 6) is 5.52. The number of nitrogens with one attached hydrogen (secondary N) is 1. The minimum atomic E-state index is -0.199. The van der Waals surface area contributed by atoms with E-state index >= 15 is 0 Å². The van der Waals surface area contributed by atoms with Crippen LogP contribution in [0.4, 0.5) is 4.39 Å². The molecule has 0 aliphatic carbocycles. The van der Waals surface area contributed by atoms with Gasteiger partial charge in [0.05, 0.1) is 0 Å². The van der Waals surface area contributed by atoms with Crippen LogP contribution in [0, 0.1) is 5.82 Å². The first-order valence-electron chi connectivity index (χ1n) is 6.69. The second kappa shape index (κ2) is 6.43. The zero-order valence-electron chi connectivity index (χ0n) is 11.6. The van der Waals surface area contributed by atoms with Crippen molar-refractivity contribution in [2.75, 3.05) is 33.7 Å². The van der Waals surface area contributed by atoms with Crippen LogP contribution in [0.1, 0.15) is 5.56 Å². The van der Waals surface area contributed by atoms with Gasteiger partial charge < -0.3 is 4.90 Å². The van der Waals surface area contributed by atoms with Crippen LogP contribution in [0.3, 0.4) is 0 Å². The van der Waals surface area contributed by atoms with Crippen molar-refractivity contribution in [2.24, 2.45) is 5.84 Å². The second-order valence-corrected chi connectivity index (χ2v) is 5.41. The third kappa shape index (κ3) is 3.73. The van der Waals surface area contributed by atoms with E-state index in [-0.39, 0.29) is 11.9 Å². The highest BCUT2D eigenvalue weighted by Gasteiger charge is 2.29. The molecule has 5 heteroatoms. The number of rotatable bonds is 4. The highest BCUT2D eigenvalue weighted by atomic mass is 19.1. The Bertz CT molecular complexity index is 395. The van der Waals surface area contributed by atoms with Gasteiger partial charge in [0.1, 0.15) is 5.82 Å². The fourth-order valence-corrected chi connectivity index (χ4v) is 2.66. The lowest BCUT2D eigenvalue weighted by molar-refractivity contribution is 0.0877. The van der Waals surface area contributed by atoms with Gasteiger partial charge in [-0.15, -0.1) is 0 Å². The number of hydrazine groups is 1. The molecule has 0 saturated carbocycles. The molecule has 1 aliphatic rings. The maximum Gasteiger partial charge on any atom is 0.123 e. The van der Waals surface area contributed by atoms with Gasteiger partial charge in [-0.05, 0) is 38.2 Å². The van der Waals surface area contributed by atoms with Crippen molar-refractivity contribution in [1.29, 1.82) is 0 Å². The van der Waals surface area contributed by atoms with Gasteiger partial charge in [-0.3, -0.25) is 16.2 Å². The third-order valence-electron chi connectivity index (χ3n) is 3.95. The van der Waals surface area contributed by atoms with Gasteiger partial charge in [0, 0.05) is 31.7 Å².